The number of nitrogens with two attached hydrogens (primary N) is 1. The SMILES string of the molecule is NS(=O)(=O)c1ccc(Oc2ccccc2F)c(Cl)c1. The van der Waals surface area contributed by atoms with Crippen LogP contribution >= 0.6 is 11.6 Å². The fraction of sp³-hybridized carbons (Fsp3) is 0. The summed E-state index contributed by atoms with van der Waals surface area (Å²) >= 11 is 5.87. The van der Waals surface area contributed by atoms with Gasteiger partial charge in [-0.15, -0.1) is 0 Å². The number of benzene rings is 2. The number of rotatable bonds is 3. The van der Waals surface area contributed by atoms with Crippen LogP contribution in [-0.4, -0.2) is 8.42 Å². The smallest absolute Gasteiger partial charge is 0.238 e. The Morgan fingerprint density at radius 1 is 1.11 bits per heavy atom. The van der Waals surface area contributed by atoms with Crippen LogP contribution in [0.25, 0.3) is 0 Å². The second-order valence-electron chi connectivity index (χ2n) is 3.67. The van der Waals surface area contributed by atoms with Crippen LogP contribution < -0.4 is 9.88 Å². The van der Waals surface area contributed by atoms with E-state index in [9.17, 15) is 12.8 Å². The van der Waals surface area contributed by atoms with Crippen molar-refractivity contribution in [2.75, 3.05) is 0 Å². The fourth-order valence-electron chi connectivity index (χ4n) is 1.39. The predicted molar refractivity (Wildman–Crippen MR) is 69.3 cm³/mol. The normalized spacial score (nSPS) is 11.3. The Labute approximate surface area is 114 Å². The van der Waals surface area contributed by atoms with Gasteiger partial charge in [0.15, 0.2) is 11.6 Å². The quantitative estimate of drug-likeness (QED) is 0.947. The van der Waals surface area contributed by atoms with Crippen LogP contribution in [0.15, 0.2) is 47.4 Å². The lowest BCUT2D eigenvalue weighted by atomic mass is 10.3. The van der Waals surface area contributed by atoms with Crippen molar-refractivity contribution in [3.63, 3.8) is 0 Å². The van der Waals surface area contributed by atoms with Gasteiger partial charge < -0.3 is 4.74 Å². The molecule has 0 aromatic heterocycles. The third-order valence-corrected chi connectivity index (χ3v) is 3.49. The summed E-state index contributed by atoms with van der Waals surface area (Å²) in [6.45, 7) is 0. The van der Waals surface area contributed by atoms with Crippen LogP contribution in [-0.2, 0) is 10.0 Å². The molecule has 0 unspecified atom stereocenters. The molecule has 0 saturated carbocycles. The van der Waals surface area contributed by atoms with Crippen molar-refractivity contribution in [1.82, 2.24) is 0 Å². The first-order valence-electron chi connectivity index (χ1n) is 5.12. The summed E-state index contributed by atoms with van der Waals surface area (Å²) in [5.41, 5.74) is 0. The zero-order valence-electron chi connectivity index (χ0n) is 9.51. The molecule has 0 aliphatic rings. The number of halogens is 2. The lowest BCUT2D eigenvalue weighted by Gasteiger charge is -2.09. The molecule has 2 aromatic rings. The summed E-state index contributed by atoms with van der Waals surface area (Å²) in [4.78, 5) is -0.140. The molecule has 0 saturated heterocycles. The van der Waals surface area contributed by atoms with Gasteiger partial charge in [0.25, 0.3) is 0 Å². The maximum atomic E-state index is 13.4. The summed E-state index contributed by atoms with van der Waals surface area (Å²) in [6, 6.07) is 9.49. The Kier molecular flexibility index (Phi) is 3.75. The van der Waals surface area contributed by atoms with E-state index < -0.39 is 15.8 Å². The van der Waals surface area contributed by atoms with Crippen molar-refractivity contribution in [2.45, 2.75) is 4.90 Å². The number of sulfonamides is 1. The molecule has 2 rings (SSSR count). The molecule has 19 heavy (non-hydrogen) atoms. The van der Waals surface area contributed by atoms with Gasteiger partial charge in [-0.25, -0.2) is 17.9 Å². The van der Waals surface area contributed by atoms with Crippen molar-refractivity contribution >= 4 is 21.6 Å². The first kappa shape index (κ1) is 13.8. The van der Waals surface area contributed by atoms with E-state index in [4.69, 9.17) is 21.5 Å². The van der Waals surface area contributed by atoms with Crippen LogP contribution in [0.2, 0.25) is 5.02 Å². The first-order chi connectivity index (χ1) is 8.88. The van der Waals surface area contributed by atoms with Crippen molar-refractivity contribution in [3.05, 3.63) is 53.3 Å². The largest absolute Gasteiger partial charge is 0.453 e. The van der Waals surface area contributed by atoms with Crippen molar-refractivity contribution in [3.8, 4) is 11.5 Å². The molecule has 2 N–H and O–H groups in total. The van der Waals surface area contributed by atoms with E-state index in [0.29, 0.717) is 0 Å². The van der Waals surface area contributed by atoms with Crippen LogP contribution in [0, 0.1) is 5.82 Å². The predicted octanol–water partition coefficient (Wildman–Crippen LogP) is 2.92. The van der Waals surface area contributed by atoms with E-state index in [1.165, 1.54) is 30.3 Å². The molecule has 0 bridgehead atoms. The summed E-state index contributed by atoms with van der Waals surface area (Å²) in [5.74, 6) is -0.416. The van der Waals surface area contributed by atoms with E-state index in [2.05, 4.69) is 0 Å². The van der Waals surface area contributed by atoms with Crippen LogP contribution in [0.4, 0.5) is 4.39 Å². The van der Waals surface area contributed by atoms with Gasteiger partial charge in [-0.2, -0.15) is 0 Å². The zero-order chi connectivity index (χ0) is 14.0. The van der Waals surface area contributed by atoms with Crippen LogP contribution in [0.5, 0.6) is 11.5 Å². The molecule has 2 aromatic carbocycles. The molecule has 0 spiro atoms. The molecule has 0 aliphatic heterocycles. The molecule has 0 aliphatic carbocycles. The minimum absolute atomic E-state index is 0.00671. The molecule has 0 amide bonds. The Hall–Kier alpha value is -1.63. The van der Waals surface area contributed by atoms with Crippen molar-refractivity contribution in [2.24, 2.45) is 5.14 Å². The molecule has 0 heterocycles. The Balaban J connectivity index is 2.36. The van der Waals surface area contributed by atoms with E-state index >= 15 is 0 Å². The minimum atomic E-state index is -3.84. The van der Waals surface area contributed by atoms with Gasteiger partial charge in [-0.05, 0) is 30.3 Å². The van der Waals surface area contributed by atoms with Gasteiger partial charge in [0.05, 0.1) is 9.92 Å². The molecular formula is C12H9ClFNO3S. The maximum absolute atomic E-state index is 13.4. The Morgan fingerprint density at radius 3 is 2.37 bits per heavy atom. The molecule has 100 valence electrons. The molecule has 7 heteroatoms. The minimum Gasteiger partial charge on any atom is -0.453 e. The van der Waals surface area contributed by atoms with E-state index in [0.717, 1.165) is 6.07 Å². The number of primary sulfonamides is 1. The lowest BCUT2D eigenvalue weighted by Crippen LogP contribution is -2.11. The monoisotopic (exact) mass is 301 g/mol. The topological polar surface area (TPSA) is 69.4 Å². The van der Waals surface area contributed by atoms with Gasteiger partial charge >= 0.3 is 0 Å². The second kappa shape index (κ2) is 5.16. The van der Waals surface area contributed by atoms with Gasteiger partial charge in [0.2, 0.25) is 10.0 Å². The average Bonchev–Trinajstić information content (AvgIpc) is 2.33. The molecule has 0 radical (unpaired) electrons. The Bertz CT molecular complexity index is 719. The Morgan fingerprint density at radius 2 is 1.79 bits per heavy atom. The highest BCUT2D eigenvalue weighted by molar-refractivity contribution is 7.89. The molecule has 0 atom stereocenters. The van der Waals surface area contributed by atoms with E-state index in [1.807, 2.05) is 0 Å². The number of hydrogen-bond donors (Lipinski definition) is 1. The second-order valence-corrected chi connectivity index (χ2v) is 5.64. The number of ether oxygens (including phenoxy) is 1. The van der Waals surface area contributed by atoms with Gasteiger partial charge in [-0.3, -0.25) is 0 Å². The molecule has 4 nitrogen and oxygen atoms in total. The lowest BCUT2D eigenvalue weighted by molar-refractivity contribution is 0.442. The van der Waals surface area contributed by atoms with E-state index in [1.54, 1.807) is 6.07 Å². The van der Waals surface area contributed by atoms with Crippen LogP contribution in [0.3, 0.4) is 0 Å². The molecular weight excluding hydrogens is 293 g/mol. The third-order valence-electron chi connectivity index (χ3n) is 2.29. The van der Waals surface area contributed by atoms with Gasteiger partial charge in [0, 0.05) is 0 Å². The average molecular weight is 302 g/mol. The zero-order valence-corrected chi connectivity index (χ0v) is 11.1. The van der Waals surface area contributed by atoms with Crippen molar-refractivity contribution in [1.29, 1.82) is 0 Å². The van der Waals surface area contributed by atoms with Gasteiger partial charge in [-0.1, -0.05) is 23.7 Å². The fourth-order valence-corrected chi connectivity index (χ4v) is 2.21. The highest BCUT2D eigenvalue weighted by Crippen LogP contribution is 2.32. The maximum Gasteiger partial charge on any atom is 0.238 e. The first-order valence-corrected chi connectivity index (χ1v) is 7.05. The standard InChI is InChI=1S/C12H9ClFNO3S/c13-9-7-8(19(15,16)17)5-6-11(9)18-12-4-2-1-3-10(12)14/h1-7H,(H2,15,16,17). The summed E-state index contributed by atoms with van der Waals surface area (Å²) in [7, 11) is -3.84. The van der Waals surface area contributed by atoms with E-state index in [-0.39, 0.29) is 21.4 Å². The van der Waals surface area contributed by atoms with Crippen LogP contribution in [0.1, 0.15) is 0 Å². The number of para-hydroxylation sites is 1. The highest BCUT2D eigenvalue weighted by atomic mass is 35.5. The summed E-state index contributed by atoms with van der Waals surface area (Å²) in [5, 5.41) is 4.99. The van der Waals surface area contributed by atoms with Gasteiger partial charge in [0.1, 0.15) is 5.75 Å². The number of hydrogen-bond acceptors (Lipinski definition) is 3. The molecule has 0 fully saturated rings. The van der Waals surface area contributed by atoms with Crippen molar-refractivity contribution < 1.29 is 17.5 Å². The summed E-state index contributed by atoms with van der Waals surface area (Å²) < 4.78 is 40.9. The summed E-state index contributed by atoms with van der Waals surface area (Å²) in [6.07, 6.45) is 0. The third kappa shape index (κ3) is 3.23. The highest BCUT2D eigenvalue weighted by Gasteiger charge is 2.12.